The van der Waals surface area contributed by atoms with Crippen LogP contribution in [-0.2, 0) is 16.6 Å². The monoisotopic (exact) mass is 408 g/mol. The van der Waals surface area contributed by atoms with Gasteiger partial charge in [-0.15, -0.1) is 0 Å². The quantitative estimate of drug-likeness (QED) is 0.531. The van der Waals surface area contributed by atoms with Crippen LogP contribution in [0.3, 0.4) is 0 Å². The van der Waals surface area contributed by atoms with Gasteiger partial charge in [0.15, 0.2) is 0 Å². The molecular formula is C27H36O3. The molecule has 0 saturated heterocycles. The second-order valence-corrected chi connectivity index (χ2v) is 9.44. The number of carboxylic acids is 1. The number of Topliss-reactive ketones (excluding diaryl/α,β-unsaturated/α-hetero) is 1. The van der Waals surface area contributed by atoms with Gasteiger partial charge in [-0.2, -0.15) is 0 Å². The second kappa shape index (κ2) is 9.16. The van der Waals surface area contributed by atoms with Crippen LogP contribution in [0, 0.1) is 19.3 Å². The van der Waals surface area contributed by atoms with E-state index in [-0.39, 0.29) is 16.6 Å². The van der Waals surface area contributed by atoms with Crippen molar-refractivity contribution in [1.29, 1.82) is 0 Å². The first-order valence-corrected chi connectivity index (χ1v) is 10.9. The van der Waals surface area contributed by atoms with Gasteiger partial charge in [-0.3, -0.25) is 4.79 Å². The number of benzene rings is 2. The Kier molecular flexibility index (Phi) is 7.28. The minimum Gasteiger partial charge on any atom is -0.478 e. The summed E-state index contributed by atoms with van der Waals surface area (Å²) in [6, 6.07) is 12.3. The number of ketones is 1. The molecule has 0 atom stereocenters. The molecule has 3 nitrogen and oxygen atoms in total. The van der Waals surface area contributed by atoms with E-state index in [1.165, 1.54) is 16.7 Å². The van der Waals surface area contributed by atoms with Crippen molar-refractivity contribution in [3.63, 3.8) is 0 Å². The molecule has 30 heavy (non-hydrogen) atoms. The van der Waals surface area contributed by atoms with Crippen molar-refractivity contribution >= 4 is 11.8 Å². The molecule has 2 aromatic carbocycles. The number of carbonyl (C=O) groups is 2. The van der Waals surface area contributed by atoms with Crippen LogP contribution in [0.5, 0.6) is 0 Å². The highest BCUT2D eigenvalue weighted by molar-refractivity contribution is 5.89. The molecule has 0 spiro atoms. The molecule has 0 unspecified atom stereocenters. The highest BCUT2D eigenvalue weighted by Gasteiger charge is 2.31. The number of carboxylic acid groups (broad SMARTS) is 1. The van der Waals surface area contributed by atoms with Crippen LogP contribution in [0.4, 0.5) is 0 Å². The topological polar surface area (TPSA) is 54.4 Å². The van der Waals surface area contributed by atoms with Crippen molar-refractivity contribution in [2.45, 2.75) is 79.6 Å². The van der Waals surface area contributed by atoms with E-state index in [4.69, 9.17) is 0 Å². The molecule has 3 heteroatoms. The van der Waals surface area contributed by atoms with E-state index in [0.29, 0.717) is 12.0 Å². The Bertz CT molecular complexity index is 928. The van der Waals surface area contributed by atoms with E-state index >= 15 is 0 Å². The van der Waals surface area contributed by atoms with Crippen molar-refractivity contribution in [2.24, 2.45) is 5.41 Å². The largest absolute Gasteiger partial charge is 0.478 e. The molecule has 0 amide bonds. The van der Waals surface area contributed by atoms with Crippen LogP contribution in [0.15, 0.2) is 36.4 Å². The lowest BCUT2D eigenvalue weighted by atomic mass is 9.69. The lowest BCUT2D eigenvalue weighted by Crippen LogP contribution is -2.27. The predicted octanol–water partition coefficient (Wildman–Crippen LogP) is 6.66. The van der Waals surface area contributed by atoms with Gasteiger partial charge in [-0.25, -0.2) is 4.79 Å². The first kappa shape index (κ1) is 23.9. The molecule has 0 radical (unpaired) electrons. The number of carbonyl (C=O) groups excluding carboxylic acids is 1. The Labute approximate surface area is 181 Å². The van der Waals surface area contributed by atoms with E-state index in [1.54, 1.807) is 6.07 Å². The summed E-state index contributed by atoms with van der Waals surface area (Å²) in [6.45, 7) is 14.3. The van der Waals surface area contributed by atoms with Crippen LogP contribution in [-0.4, -0.2) is 16.9 Å². The van der Waals surface area contributed by atoms with Crippen molar-refractivity contribution in [3.8, 4) is 0 Å². The molecule has 0 bridgehead atoms. The maximum Gasteiger partial charge on any atom is 0.335 e. The molecule has 2 rings (SSSR count). The molecule has 0 aromatic heterocycles. The Morgan fingerprint density at radius 3 is 1.83 bits per heavy atom. The maximum atomic E-state index is 12.3. The van der Waals surface area contributed by atoms with Crippen LogP contribution in [0.25, 0.3) is 0 Å². The summed E-state index contributed by atoms with van der Waals surface area (Å²) in [5.41, 5.74) is 5.52. The standard InChI is InChI=1S/C27H36O3/c1-8-27(9-2,22-13-14-23(25(29)30)19(4)17-22)21-12-10-20(18(3)16-21)11-15-24(28)26(5,6)7/h10,12-14,16-17H,8-9,11,15H2,1-7H3,(H,29,30). The van der Waals surface area contributed by atoms with Gasteiger partial charge in [0.1, 0.15) is 5.78 Å². The van der Waals surface area contributed by atoms with Crippen LogP contribution in [0.2, 0.25) is 0 Å². The van der Waals surface area contributed by atoms with Gasteiger partial charge < -0.3 is 5.11 Å². The van der Waals surface area contributed by atoms with E-state index in [0.717, 1.165) is 30.4 Å². The van der Waals surface area contributed by atoms with Crippen molar-refractivity contribution < 1.29 is 14.7 Å². The predicted molar refractivity (Wildman–Crippen MR) is 123 cm³/mol. The fourth-order valence-corrected chi connectivity index (χ4v) is 4.33. The third-order valence-corrected chi connectivity index (χ3v) is 6.57. The van der Waals surface area contributed by atoms with E-state index in [2.05, 4.69) is 39.0 Å². The Balaban J connectivity index is 2.41. The summed E-state index contributed by atoms with van der Waals surface area (Å²) < 4.78 is 0. The lowest BCUT2D eigenvalue weighted by Gasteiger charge is -2.34. The first-order valence-electron chi connectivity index (χ1n) is 10.9. The Morgan fingerprint density at radius 1 is 0.867 bits per heavy atom. The normalized spacial score (nSPS) is 12.1. The number of hydrogen-bond acceptors (Lipinski definition) is 2. The molecular weight excluding hydrogens is 372 g/mol. The molecule has 1 N–H and O–H groups in total. The van der Waals surface area contributed by atoms with Gasteiger partial charge in [-0.05, 0) is 67.0 Å². The zero-order valence-corrected chi connectivity index (χ0v) is 19.6. The van der Waals surface area contributed by atoms with Gasteiger partial charge in [-0.1, -0.05) is 65.0 Å². The average Bonchev–Trinajstić information content (AvgIpc) is 2.67. The van der Waals surface area contributed by atoms with E-state index in [9.17, 15) is 14.7 Å². The van der Waals surface area contributed by atoms with Gasteiger partial charge >= 0.3 is 5.97 Å². The van der Waals surface area contributed by atoms with Crippen molar-refractivity contribution in [1.82, 2.24) is 0 Å². The summed E-state index contributed by atoms with van der Waals surface area (Å²) in [5.74, 6) is -0.598. The molecule has 0 aliphatic carbocycles. The van der Waals surface area contributed by atoms with Crippen LogP contribution >= 0.6 is 0 Å². The summed E-state index contributed by atoms with van der Waals surface area (Å²) >= 11 is 0. The molecule has 162 valence electrons. The fourth-order valence-electron chi connectivity index (χ4n) is 4.33. The van der Waals surface area contributed by atoms with Gasteiger partial charge in [0.05, 0.1) is 5.56 Å². The zero-order chi connectivity index (χ0) is 22.7. The fraction of sp³-hybridized carbons (Fsp3) is 0.481. The van der Waals surface area contributed by atoms with Gasteiger partial charge in [0.2, 0.25) is 0 Å². The lowest BCUT2D eigenvalue weighted by molar-refractivity contribution is -0.126. The smallest absolute Gasteiger partial charge is 0.335 e. The summed E-state index contributed by atoms with van der Waals surface area (Å²) in [5, 5.41) is 9.37. The third kappa shape index (κ3) is 4.83. The van der Waals surface area contributed by atoms with Crippen molar-refractivity contribution in [2.75, 3.05) is 0 Å². The highest BCUT2D eigenvalue weighted by Crippen LogP contribution is 2.40. The van der Waals surface area contributed by atoms with Crippen LogP contribution < -0.4 is 0 Å². The van der Waals surface area contributed by atoms with E-state index < -0.39 is 5.97 Å². The number of aromatic carboxylic acids is 1. The SMILES string of the molecule is CCC(CC)(c1ccc(CCC(=O)C(C)(C)C)c(C)c1)c1ccc(C(=O)O)c(C)c1. The summed E-state index contributed by atoms with van der Waals surface area (Å²) in [4.78, 5) is 23.7. The third-order valence-electron chi connectivity index (χ3n) is 6.57. The first-order chi connectivity index (χ1) is 14.0. The molecule has 0 saturated carbocycles. The summed E-state index contributed by atoms with van der Waals surface area (Å²) in [7, 11) is 0. The molecule has 0 aliphatic heterocycles. The van der Waals surface area contributed by atoms with Gasteiger partial charge in [0, 0.05) is 17.3 Å². The molecule has 0 fully saturated rings. The zero-order valence-electron chi connectivity index (χ0n) is 19.6. The number of aryl methyl sites for hydroxylation is 3. The highest BCUT2D eigenvalue weighted by atomic mass is 16.4. The van der Waals surface area contributed by atoms with Crippen molar-refractivity contribution in [3.05, 3.63) is 69.8 Å². The minimum atomic E-state index is -0.886. The number of hydrogen-bond donors (Lipinski definition) is 1. The molecule has 0 aliphatic rings. The maximum absolute atomic E-state index is 12.3. The average molecular weight is 409 g/mol. The Morgan fingerprint density at radius 2 is 1.40 bits per heavy atom. The van der Waals surface area contributed by atoms with Gasteiger partial charge in [0.25, 0.3) is 0 Å². The van der Waals surface area contributed by atoms with Crippen LogP contribution in [0.1, 0.15) is 92.1 Å². The second-order valence-electron chi connectivity index (χ2n) is 9.44. The summed E-state index contributed by atoms with van der Waals surface area (Å²) in [6.07, 6.45) is 3.18. The number of rotatable bonds is 8. The minimum absolute atomic E-state index is 0.160. The van der Waals surface area contributed by atoms with E-state index in [1.807, 2.05) is 39.8 Å². The molecule has 0 heterocycles. The Hall–Kier alpha value is -2.42. The molecule has 2 aromatic rings.